The van der Waals surface area contributed by atoms with Crippen LogP contribution in [-0.2, 0) is 10.3 Å². The summed E-state index contributed by atoms with van der Waals surface area (Å²) in [7, 11) is -4.17. The minimum absolute atomic E-state index is 0. The van der Waals surface area contributed by atoms with Crippen molar-refractivity contribution in [2.24, 2.45) is 16.6 Å². The van der Waals surface area contributed by atoms with Crippen LogP contribution in [0.25, 0.3) is 0 Å². The molecule has 0 saturated heterocycles. The summed E-state index contributed by atoms with van der Waals surface area (Å²) in [5.41, 5.74) is 10.3. The number of rotatable bonds is 2. The molecule has 0 aromatic carbocycles. The molecule has 0 radical (unpaired) electrons. The Labute approximate surface area is 95.0 Å². The summed E-state index contributed by atoms with van der Waals surface area (Å²) in [5, 5.41) is 3.88. The van der Waals surface area contributed by atoms with Gasteiger partial charge in [-0.25, -0.2) is 5.14 Å². The fraction of sp³-hybridized carbons (Fsp3) is 0.750. The summed E-state index contributed by atoms with van der Waals surface area (Å²) in [4.78, 5) is 0. The molecule has 0 amide bonds. The van der Waals surface area contributed by atoms with E-state index in [1.807, 2.05) is 0 Å². The third-order valence-corrected chi connectivity index (χ3v) is 0.537. The maximum atomic E-state index is 8.97. The molecule has 0 aliphatic heterocycles. The standard InChI is InChI=1S/C4H11N2.H3NO3S.Na/c1-4(6)2-3-5;1-5(2,3)4;/h4H,1-3,5-6H2;(H3,1,2,3,4);/q-1;;+1. The molecule has 8 heteroatoms. The zero-order chi connectivity index (χ0) is 9.49. The molecule has 7 N–H and O–H groups in total. The van der Waals surface area contributed by atoms with Crippen LogP contribution < -0.4 is 46.2 Å². The maximum Gasteiger partial charge on any atom is 1.00 e. The van der Waals surface area contributed by atoms with Gasteiger partial charge in [-0.1, -0.05) is 6.42 Å². The van der Waals surface area contributed by atoms with Crippen LogP contribution in [0.15, 0.2) is 0 Å². The van der Waals surface area contributed by atoms with Crippen molar-refractivity contribution in [3.63, 3.8) is 0 Å². The van der Waals surface area contributed by atoms with Crippen LogP contribution in [0.4, 0.5) is 0 Å². The summed E-state index contributed by atoms with van der Waals surface area (Å²) in [5.74, 6) is 0. The molecule has 1 atom stereocenters. The second kappa shape index (κ2) is 9.87. The molecule has 1 unspecified atom stereocenters. The van der Waals surface area contributed by atoms with E-state index in [1.54, 1.807) is 0 Å². The van der Waals surface area contributed by atoms with Gasteiger partial charge in [-0.3, -0.25) is 4.55 Å². The Bertz CT molecular complexity index is 162. The zero-order valence-corrected chi connectivity index (χ0v) is 9.92. The van der Waals surface area contributed by atoms with Crippen molar-refractivity contribution in [3.05, 3.63) is 6.92 Å². The second-order valence-corrected chi connectivity index (χ2v) is 2.88. The van der Waals surface area contributed by atoms with Crippen LogP contribution in [0.1, 0.15) is 6.42 Å². The monoisotopic (exact) mass is 207 g/mol. The summed E-state index contributed by atoms with van der Waals surface area (Å²) >= 11 is 0. The van der Waals surface area contributed by atoms with Gasteiger partial charge in [0.05, 0.1) is 0 Å². The van der Waals surface area contributed by atoms with E-state index in [0.29, 0.717) is 6.54 Å². The number of hydrogen-bond acceptors (Lipinski definition) is 4. The van der Waals surface area contributed by atoms with Gasteiger partial charge in [0, 0.05) is 0 Å². The molecular formula is C4H14N3NaO3S. The topological polar surface area (TPSA) is 132 Å². The quantitative estimate of drug-likeness (QED) is 0.205. The van der Waals surface area contributed by atoms with E-state index < -0.39 is 10.3 Å². The van der Waals surface area contributed by atoms with Crippen molar-refractivity contribution in [3.8, 4) is 0 Å². The van der Waals surface area contributed by atoms with Gasteiger partial charge >= 0.3 is 39.9 Å². The molecule has 0 saturated carbocycles. The van der Waals surface area contributed by atoms with E-state index in [4.69, 9.17) is 24.4 Å². The van der Waals surface area contributed by atoms with Gasteiger partial charge in [0.1, 0.15) is 0 Å². The molecule has 6 nitrogen and oxygen atoms in total. The Kier molecular flexibility index (Phi) is 15.3. The average Bonchev–Trinajstić information content (AvgIpc) is 1.58. The first kappa shape index (κ1) is 18.5. The minimum atomic E-state index is -4.17. The Hall–Kier alpha value is 0.790. The zero-order valence-electron chi connectivity index (χ0n) is 7.10. The molecule has 0 aromatic rings. The first-order valence-corrected chi connectivity index (χ1v) is 4.31. The summed E-state index contributed by atoms with van der Waals surface area (Å²) in [6.07, 6.45) is 0.819. The summed E-state index contributed by atoms with van der Waals surface area (Å²) < 4.78 is 25.2. The molecule has 0 rings (SSSR count). The van der Waals surface area contributed by atoms with Gasteiger partial charge in [0.15, 0.2) is 0 Å². The Balaban J connectivity index is -0.000000126. The number of nitrogens with two attached hydrogens (primary N) is 3. The molecule has 12 heavy (non-hydrogen) atoms. The third kappa shape index (κ3) is 72.0. The average molecular weight is 207 g/mol. The maximum absolute atomic E-state index is 8.97. The van der Waals surface area contributed by atoms with E-state index in [1.165, 1.54) is 0 Å². The molecule has 0 aliphatic carbocycles. The Morgan fingerprint density at radius 3 is 1.75 bits per heavy atom. The molecule has 0 spiro atoms. The van der Waals surface area contributed by atoms with Crippen LogP contribution in [0.2, 0.25) is 0 Å². The van der Waals surface area contributed by atoms with E-state index in [9.17, 15) is 0 Å². The predicted molar refractivity (Wildman–Crippen MR) is 42.7 cm³/mol. The molecule has 0 fully saturated rings. The van der Waals surface area contributed by atoms with Crippen molar-refractivity contribution in [2.45, 2.75) is 12.5 Å². The van der Waals surface area contributed by atoms with Crippen molar-refractivity contribution in [1.29, 1.82) is 0 Å². The van der Waals surface area contributed by atoms with E-state index in [0.717, 1.165) is 6.42 Å². The van der Waals surface area contributed by atoms with E-state index in [2.05, 4.69) is 12.1 Å². The Morgan fingerprint density at radius 2 is 1.75 bits per heavy atom. The van der Waals surface area contributed by atoms with Crippen LogP contribution in [0.3, 0.4) is 0 Å². The molecule has 0 aliphatic rings. The molecule has 0 aromatic heterocycles. The predicted octanol–water partition coefficient (Wildman–Crippen LogP) is -4.75. The number of hydrogen-bond donors (Lipinski definition) is 4. The molecule has 70 valence electrons. The largest absolute Gasteiger partial charge is 1.00 e. The van der Waals surface area contributed by atoms with E-state index in [-0.39, 0.29) is 35.6 Å². The van der Waals surface area contributed by atoms with Gasteiger partial charge < -0.3 is 18.4 Å². The smallest absolute Gasteiger partial charge is 0.357 e. The second-order valence-electron chi connectivity index (χ2n) is 1.85. The van der Waals surface area contributed by atoms with Gasteiger partial charge in [-0.15, -0.1) is 6.04 Å². The van der Waals surface area contributed by atoms with Gasteiger partial charge in [0.2, 0.25) is 0 Å². The summed E-state index contributed by atoms with van der Waals surface area (Å²) in [6, 6.07) is 0.0231. The Morgan fingerprint density at radius 1 is 1.50 bits per heavy atom. The fourth-order valence-electron chi connectivity index (χ4n) is 0.214. The third-order valence-electron chi connectivity index (χ3n) is 0.537. The van der Waals surface area contributed by atoms with E-state index >= 15 is 0 Å². The first-order chi connectivity index (χ1) is 4.77. The van der Waals surface area contributed by atoms with Crippen LogP contribution in [-0.4, -0.2) is 25.6 Å². The van der Waals surface area contributed by atoms with Crippen molar-refractivity contribution >= 4 is 10.3 Å². The molecular weight excluding hydrogens is 193 g/mol. The summed E-state index contributed by atoms with van der Waals surface area (Å²) in [6.45, 7) is 4.17. The van der Waals surface area contributed by atoms with Gasteiger partial charge in [0.25, 0.3) is 0 Å². The first-order valence-electron chi connectivity index (χ1n) is 2.81. The minimum Gasteiger partial charge on any atom is -0.357 e. The van der Waals surface area contributed by atoms with Crippen molar-refractivity contribution in [2.75, 3.05) is 6.54 Å². The SMILES string of the molecule is NS(=O)(=O)O.[CH2-]C(N)CCN.[Na+]. The normalized spacial score (nSPS) is 12.1. The van der Waals surface area contributed by atoms with Gasteiger partial charge in [-0.05, 0) is 6.54 Å². The molecule has 0 heterocycles. The van der Waals surface area contributed by atoms with Crippen LogP contribution in [0, 0.1) is 6.92 Å². The van der Waals surface area contributed by atoms with Crippen molar-refractivity contribution < 1.29 is 42.5 Å². The molecule has 0 bridgehead atoms. The fourth-order valence-corrected chi connectivity index (χ4v) is 0.214. The van der Waals surface area contributed by atoms with Crippen molar-refractivity contribution in [1.82, 2.24) is 0 Å². The van der Waals surface area contributed by atoms with Crippen LogP contribution in [0.5, 0.6) is 0 Å². The van der Waals surface area contributed by atoms with Crippen LogP contribution >= 0.6 is 0 Å². The van der Waals surface area contributed by atoms with Gasteiger partial charge in [-0.2, -0.15) is 8.42 Å².